The fraction of sp³-hybridized carbons (Fsp3) is 0.179. The Morgan fingerprint density at radius 3 is 2.44 bits per heavy atom. The van der Waals surface area contributed by atoms with Crippen molar-refractivity contribution in [2.24, 2.45) is 5.92 Å². The quantitative estimate of drug-likeness (QED) is 0.404. The molecule has 3 aliphatic rings. The van der Waals surface area contributed by atoms with Crippen LogP contribution in [0.5, 0.6) is 0 Å². The number of carbonyl (C=O) groups excluding carboxylic acids is 3. The number of halogens is 3. The molecule has 1 amide bonds. The lowest BCUT2D eigenvalue weighted by atomic mass is 9.64. The van der Waals surface area contributed by atoms with Gasteiger partial charge in [0.25, 0.3) is 0 Å². The number of rotatable bonds is 3. The van der Waals surface area contributed by atoms with Crippen LogP contribution in [0, 0.1) is 5.92 Å². The van der Waals surface area contributed by atoms with E-state index in [0.29, 0.717) is 21.3 Å². The van der Waals surface area contributed by atoms with Crippen LogP contribution in [-0.4, -0.2) is 29.6 Å². The molecule has 36 heavy (non-hydrogen) atoms. The highest BCUT2D eigenvalue weighted by atomic mass is 35.5. The third-order valence-corrected chi connectivity index (χ3v) is 8.27. The number of amides is 1. The molecular formula is C28H19Cl3N2O3. The Labute approximate surface area is 222 Å². The summed E-state index contributed by atoms with van der Waals surface area (Å²) >= 11 is 18.8. The molecule has 1 saturated heterocycles. The van der Waals surface area contributed by atoms with Crippen LogP contribution in [-0.2, 0) is 15.0 Å². The van der Waals surface area contributed by atoms with E-state index >= 15 is 0 Å². The molecule has 1 spiro atoms. The van der Waals surface area contributed by atoms with Crippen molar-refractivity contribution in [2.75, 3.05) is 10.2 Å². The summed E-state index contributed by atoms with van der Waals surface area (Å²) in [6.45, 7) is 1.46. The molecule has 3 heterocycles. The lowest BCUT2D eigenvalue weighted by Gasteiger charge is -2.37. The Kier molecular flexibility index (Phi) is 5.31. The molecule has 0 unspecified atom stereocenters. The van der Waals surface area contributed by atoms with Gasteiger partial charge in [0.2, 0.25) is 5.91 Å². The number of para-hydroxylation sites is 1. The Morgan fingerprint density at radius 1 is 0.972 bits per heavy atom. The van der Waals surface area contributed by atoms with Crippen molar-refractivity contribution in [1.82, 2.24) is 0 Å². The molecule has 3 aliphatic heterocycles. The molecule has 3 aromatic rings. The number of Topliss-reactive ketones (excluding diaryl/α,β-unsaturated/α-hetero) is 2. The lowest BCUT2D eigenvalue weighted by molar-refractivity contribution is -0.122. The highest BCUT2D eigenvalue weighted by Gasteiger charge is 2.69. The summed E-state index contributed by atoms with van der Waals surface area (Å²) in [7, 11) is 0. The number of ketones is 2. The molecule has 0 bridgehead atoms. The Morgan fingerprint density at radius 2 is 1.69 bits per heavy atom. The van der Waals surface area contributed by atoms with Gasteiger partial charge in [0.15, 0.2) is 11.6 Å². The molecule has 5 nitrogen and oxygen atoms in total. The summed E-state index contributed by atoms with van der Waals surface area (Å²) in [5, 5.41) is 4.08. The van der Waals surface area contributed by atoms with E-state index in [1.54, 1.807) is 24.3 Å². The monoisotopic (exact) mass is 536 g/mol. The summed E-state index contributed by atoms with van der Waals surface area (Å²) in [5.41, 5.74) is 1.71. The molecular weight excluding hydrogens is 519 g/mol. The zero-order chi connectivity index (χ0) is 25.4. The van der Waals surface area contributed by atoms with E-state index in [4.69, 9.17) is 34.8 Å². The molecule has 3 aromatic carbocycles. The van der Waals surface area contributed by atoms with Crippen LogP contribution >= 0.6 is 34.8 Å². The predicted octanol–water partition coefficient (Wildman–Crippen LogP) is 6.21. The normalized spacial score (nSPS) is 25.4. The average Bonchev–Trinajstić information content (AvgIpc) is 3.31. The van der Waals surface area contributed by atoms with Crippen molar-refractivity contribution in [3.8, 4) is 0 Å². The van der Waals surface area contributed by atoms with Crippen molar-refractivity contribution >= 4 is 69.7 Å². The SMILES string of the molecule is CC(=O)[C@@H]1[C@H](C(=O)c2ccc(Cl)cc2Cl)[C@]2(C(=O)Nc3ccccc32)[C@@H]2C=Cc3cc(Cl)ccc3N12. The highest BCUT2D eigenvalue weighted by Crippen LogP contribution is 2.58. The minimum absolute atomic E-state index is 0.171. The zero-order valence-corrected chi connectivity index (χ0v) is 21.2. The molecule has 4 atom stereocenters. The first-order chi connectivity index (χ1) is 17.2. The van der Waals surface area contributed by atoms with E-state index < -0.39 is 23.4 Å². The van der Waals surface area contributed by atoms with Gasteiger partial charge in [-0.05, 0) is 60.5 Å². The van der Waals surface area contributed by atoms with E-state index in [-0.39, 0.29) is 28.1 Å². The van der Waals surface area contributed by atoms with Crippen molar-refractivity contribution in [2.45, 2.75) is 24.4 Å². The van der Waals surface area contributed by atoms with Gasteiger partial charge in [-0.15, -0.1) is 0 Å². The van der Waals surface area contributed by atoms with E-state index in [1.165, 1.54) is 13.0 Å². The molecule has 1 N–H and O–H groups in total. The van der Waals surface area contributed by atoms with Gasteiger partial charge in [0.1, 0.15) is 5.41 Å². The van der Waals surface area contributed by atoms with E-state index in [1.807, 2.05) is 47.4 Å². The standard InChI is InChI=1S/C28H19Cl3N2O3/c1-14(34)25-24(26(35)18-9-7-17(30)13-20(18)31)28(19-4-2-3-5-21(19)32-27(28)36)23-11-6-15-12-16(29)8-10-22(15)33(23)25/h2-13,23-25H,1H3,(H,32,36)/t23-,24+,25+,28+/m0/s1. The summed E-state index contributed by atoms with van der Waals surface area (Å²) in [6.07, 6.45) is 3.80. The minimum atomic E-state index is -1.36. The van der Waals surface area contributed by atoms with Crippen LogP contribution in [0.3, 0.4) is 0 Å². The fourth-order valence-corrected chi connectivity index (χ4v) is 6.84. The maximum atomic E-state index is 14.4. The van der Waals surface area contributed by atoms with Gasteiger partial charge in [-0.25, -0.2) is 0 Å². The second kappa shape index (κ2) is 8.20. The van der Waals surface area contributed by atoms with E-state index in [9.17, 15) is 14.4 Å². The number of nitrogens with zero attached hydrogens (tertiary/aromatic N) is 1. The van der Waals surface area contributed by atoms with Crippen LogP contribution < -0.4 is 10.2 Å². The molecule has 0 saturated carbocycles. The third-order valence-electron chi connectivity index (χ3n) is 7.49. The maximum absolute atomic E-state index is 14.4. The number of hydrogen-bond acceptors (Lipinski definition) is 4. The van der Waals surface area contributed by atoms with E-state index in [2.05, 4.69) is 5.32 Å². The first kappa shape index (κ1) is 23.3. The van der Waals surface area contributed by atoms with Gasteiger partial charge in [0.05, 0.1) is 23.0 Å². The van der Waals surface area contributed by atoms with Gasteiger partial charge in [-0.1, -0.05) is 65.2 Å². The summed E-state index contributed by atoms with van der Waals surface area (Å²) in [6, 6.07) is 15.8. The molecule has 8 heteroatoms. The molecule has 180 valence electrons. The van der Waals surface area contributed by atoms with Crippen LogP contribution in [0.25, 0.3) is 6.08 Å². The van der Waals surface area contributed by atoms with Crippen molar-refractivity contribution in [1.29, 1.82) is 0 Å². The fourth-order valence-electron chi connectivity index (χ4n) is 6.16. The summed E-state index contributed by atoms with van der Waals surface area (Å²) < 4.78 is 0. The number of fused-ring (bicyclic) bond motifs is 6. The number of carbonyl (C=O) groups is 3. The van der Waals surface area contributed by atoms with Gasteiger partial charge >= 0.3 is 0 Å². The molecule has 0 aliphatic carbocycles. The Bertz CT molecular complexity index is 1520. The van der Waals surface area contributed by atoms with Crippen LogP contribution in [0.4, 0.5) is 11.4 Å². The number of benzene rings is 3. The summed E-state index contributed by atoms with van der Waals surface area (Å²) in [4.78, 5) is 43.7. The van der Waals surface area contributed by atoms with Gasteiger partial charge in [-0.3, -0.25) is 14.4 Å². The molecule has 6 rings (SSSR count). The second-order valence-electron chi connectivity index (χ2n) is 9.30. The maximum Gasteiger partial charge on any atom is 0.238 e. The van der Waals surface area contributed by atoms with E-state index in [0.717, 1.165) is 11.3 Å². The van der Waals surface area contributed by atoms with Gasteiger partial charge in [-0.2, -0.15) is 0 Å². The zero-order valence-electron chi connectivity index (χ0n) is 19.0. The number of anilines is 2. The van der Waals surface area contributed by atoms with Crippen molar-refractivity contribution in [3.63, 3.8) is 0 Å². The first-order valence-electron chi connectivity index (χ1n) is 11.4. The Hall–Kier alpha value is -3.12. The van der Waals surface area contributed by atoms with Crippen LogP contribution in [0.15, 0.2) is 66.7 Å². The Balaban J connectivity index is 1.66. The number of hydrogen-bond donors (Lipinski definition) is 1. The minimum Gasteiger partial charge on any atom is -0.352 e. The third kappa shape index (κ3) is 3.06. The molecule has 1 fully saturated rings. The summed E-state index contributed by atoms with van der Waals surface area (Å²) in [5.74, 6) is -1.99. The van der Waals surface area contributed by atoms with Crippen molar-refractivity contribution in [3.05, 3.63) is 98.5 Å². The lowest BCUT2D eigenvalue weighted by Crippen LogP contribution is -2.51. The molecule has 0 radical (unpaired) electrons. The van der Waals surface area contributed by atoms with Gasteiger partial charge < -0.3 is 10.2 Å². The second-order valence-corrected chi connectivity index (χ2v) is 10.6. The van der Waals surface area contributed by atoms with Crippen molar-refractivity contribution < 1.29 is 14.4 Å². The smallest absolute Gasteiger partial charge is 0.238 e. The van der Waals surface area contributed by atoms with Gasteiger partial charge in [0, 0.05) is 27.0 Å². The largest absolute Gasteiger partial charge is 0.352 e. The predicted molar refractivity (Wildman–Crippen MR) is 142 cm³/mol. The van der Waals surface area contributed by atoms with Crippen LogP contribution in [0.1, 0.15) is 28.4 Å². The number of nitrogens with one attached hydrogen (secondary N) is 1. The molecule has 0 aromatic heterocycles. The topological polar surface area (TPSA) is 66.5 Å². The first-order valence-corrected chi connectivity index (χ1v) is 12.6. The average molecular weight is 538 g/mol. The highest BCUT2D eigenvalue weighted by molar-refractivity contribution is 6.37. The van der Waals surface area contributed by atoms with Crippen LogP contribution in [0.2, 0.25) is 15.1 Å².